The summed E-state index contributed by atoms with van der Waals surface area (Å²) in [5, 5.41) is 3.64. The molecular formula is C15H25N. The van der Waals surface area contributed by atoms with Crippen LogP contribution in [0.2, 0.25) is 0 Å². The molecule has 1 aromatic carbocycles. The minimum absolute atomic E-state index is 0.645. The van der Waals surface area contributed by atoms with E-state index in [9.17, 15) is 0 Å². The van der Waals surface area contributed by atoms with E-state index >= 15 is 0 Å². The van der Waals surface area contributed by atoms with Gasteiger partial charge in [0, 0.05) is 6.04 Å². The normalized spacial score (nSPS) is 12.7. The van der Waals surface area contributed by atoms with E-state index in [-0.39, 0.29) is 0 Å². The molecule has 0 aliphatic rings. The molecule has 1 aromatic rings. The molecule has 1 atom stereocenters. The van der Waals surface area contributed by atoms with Crippen molar-refractivity contribution in [2.24, 2.45) is 0 Å². The average Bonchev–Trinajstić information content (AvgIpc) is 2.26. The molecule has 0 bridgehead atoms. The highest BCUT2D eigenvalue weighted by atomic mass is 14.9. The van der Waals surface area contributed by atoms with E-state index < -0.39 is 0 Å². The molecule has 90 valence electrons. The molecule has 1 heteroatoms. The van der Waals surface area contributed by atoms with Crippen LogP contribution in [0.25, 0.3) is 0 Å². The van der Waals surface area contributed by atoms with Crippen molar-refractivity contribution in [3.05, 3.63) is 35.4 Å². The lowest BCUT2D eigenvalue weighted by Gasteiger charge is -2.18. The summed E-state index contributed by atoms with van der Waals surface area (Å²) in [4.78, 5) is 0. The first-order valence-corrected chi connectivity index (χ1v) is 6.55. The first-order chi connectivity index (χ1) is 7.76. The Labute approximate surface area is 100 Å². The quantitative estimate of drug-likeness (QED) is 0.737. The predicted octanol–water partition coefficient (Wildman–Crippen LogP) is 3.71. The molecule has 0 saturated carbocycles. The maximum absolute atomic E-state index is 3.64. The Kier molecular flexibility index (Phi) is 6.17. The topological polar surface area (TPSA) is 12.0 Å². The Morgan fingerprint density at radius 2 is 2.00 bits per heavy atom. The van der Waals surface area contributed by atoms with Gasteiger partial charge in [-0.05, 0) is 38.3 Å². The Bertz CT molecular complexity index is 293. The zero-order valence-electron chi connectivity index (χ0n) is 10.9. The Morgan fingerprint density at radius 3 is 2.62 bits per heavy atom. The van der Waals surface area contributed by atoms with Crippen molar-refractivity contribution in [3.8, 4) is 0 Å². The molecule has 0 fully saturated rings. The number of nitrogens with one attached hydrogen (secondary N) is 1. The number of rotatable bonds is 7. The molecule has 0 aliphatic heterocycles. The van der Waals surface area contributed by atoms with Crippen molar-refractivity contribution < 1.29 is 0 Å². The SMILES string of the molecule is CCCNC(CCC)Cc1cccc(C)c1. The van der Waals surface area contributed by atoms with E-state index in [0.29, 0.717) is 6.04 Å². The van der Waals surface area contributed by atoms with Crippen LogP contribution in [0.15, 0.2) is 24.3 Å². The summed E-state index contributed by atoms with van der Waals surface area (Å²) in [6, 6.07) is 9.51. The zero-order chi connectivity index (χ0) is 11.8. The second-order valence-corrected chi connectivity index (χ2v) is 4.63. The van der Waals surface area contributed by atoms with Gasteiger partial charge in [0.05, 0.1) is 0 Å². The van der Waals surface area contributed by atoms with Gasteiger partial charge in [-0.1, -0.05) is 50.1 Å². The van der Waals surface area contributed by atoms with E-state index in [1.54, 1.807) is 0 Å². The molecule has 0 aromatic heterocycles. The highest BCUT2D eigenvalue weighted by Crippen LogP contribution is 2.09. The third kappa shape index (κ3) is 4.80. The molecule has 1 unspecified atom stereocenters. The lowest BCUT2D eigenvalue weighted by Crippen LogP contribution is -2.31. The summed E-state index contributed by atoms with van der Waals surface area (Å²) in [6.45, 7) is 7.79. The summed E-state index contributed by atoms with van der Waals surface area (Å²) in [5.41, 5.74) is 2.82. The second-order valence-electron chi connectivity index (χ2n) is 4.63. The smallest absolute Gasteiger partial charge is 0.0107 e. The third-order valence-electron chi connectivity index (χ3n) is 2.88. The van der Waals surface area contributed by atoms with Gasteiger partial charge in [-0.2, -0.15) is 0 Å². The molecule has 1 N–H and O–H groups in total. The Morgan fingerprint density at radius 1 is 1.19 bits per heavy atom. The molecule has 0 radical (unpaired) electrons. The van der Waals surface area contributed by atoms with Crippen LogP contribution in [0.1, 0.15) is 44.2 Å². The minimum atomic E-state index is 0.645. The maximum Gasteiger partial charge on any atom is 0.0107 e. The van der Waals surface area contributed by atoms with E-state index in [4.69, 9.17) is 0 Å². The van der Waals surface area contributed by atoms with Crippen LogP contribution < -0.4 is 5.32 Å². The highest BCUT2D eigenvalue weighted by molar-refractivity contribution is 5.22. The number of hydrogen-bond donors (Lipinski definition) is 1. The van der Waals surface area contributed by atoms with Gasteiger partial charge in [0.2, 0.25) is 0 Å². The van der Waals surface area contributed by atoms with E-state index in [0.717, 1.165) is 13.0 Å². The van der Waals surface area contributed by atoms with Crippen LogP contribution in [0.4, 0.5) is 0 Å². The fourth-order valence-electron chi connectivity index (χ4n) is 2.10. The summed E-state index contributed by atoms with van der Waals surface area (Å²) in [6.07, 6.45) is 4.91. The van der Waals surface area contributed by atoms with Crippen molar-refractivity contribution in [2.45, 2.75) is 52.5 Å². The van der Waals surface area contributed by atoms with Gasteiger partial charge in [-0.25, -0.2) is 0 Å². The summed E-state index contributed by atoms with van der Waals surface area (Å²) in [7, 11) is 0. The first kappa shape index (κ1) is 13.2. The Balaban J connectivity index is 2.52. The van der Waals surface area contributed by atoms with Gasteiger partial charge in [0.15, 0.2) is 0 Å². The van der Waals surface area contributed by atoms with Gasteiger partial charge in [-0.3, -0.25) is 0 Å². The second kappa shape index (κ2) is 7.45. The Hall–Kier alpha value is -0.820. The number of benzene rings is 1. The highest BCUT2D eigenvalue weighted by Gasteiger charge is 2.07. The standard InChI is InChI=1S/C15H25N/c1-4-7-15(16-10-5-2)12-14-9-6-8-13(3)11-14/h6,8-9,11,15-16H,4-5,7,10,12H2,1-3H3. The van der Waals surface area contributed by atoms with Gasteiger partial charge < -0.3 is 5.32 Å². The van der Waals surface area contributed by atoms with Crippen molar-refractivity contribution in [3.63, 3.8) is 0 Å². The molecule has 0 heterocycles. The molecule has 0 aliphatic carbocycles. The molecule has 0 saturated heterocycles. The molecule has 0 amide bonds. The lowest BCUT2D eigenvalue weighted by molar-refractivity contribution is 0.473. The van der Waals surface area contributed by atoms with Crippen molar-refractivity contribution in [2.75, 3.05) is 6.54 Å². The van der Waals surface area contributed by atoms with Gasteiger partial charge >= 0.3 is 0 Å². The van der Waals surface area contributed by atoms with Crippen molar-refractivity contribution in [1.82, 2.24) is 5.32 Å². The largest absolute Gasteiger partial charge is 0.314 e. The third-order valence-corrected chi connectivity index (χ3v) is 2.88. The van der Waals surface area contributed by atoms with E-state index in [1.165, 1.54) is 30.4 Å². The van der Waals surface area contributed by atoms with Crippen LogP contribution in [0, 0.1) is 6.92 Å². The number of aryl methyl sites for hydroxylation is 1. The van der Waals surface area contributed by atoms with Crippen molar-refractivity contribution >= 4 is 0 Å². The maximum atomic E-state index is 3.64. The van der Waals surface area contributed by atoms with E-state index in [2.05, 4.69) is 50.4 Å². The van der Waals surface area contributed by atoms with Crippen LogP contribution in [0.3, 0.4) is 0 Å². The molecule has 1 rings (SSSR count). The molecular weight excluding hydrogens is 194 g/mol. The lowest BCUT2D eigenvalue weighted by atomic mass is 10.0. The van der Waals surface area contributed by atoms with Crippen LogP contribution in [0.5, 0.6) is 0 Å². The van der Waals surface area contributed by atoms with Gasteiger partial charge in [-0.15, -0.1) is 0 Å². The average molecular weight is 219 g/mol. The fourth-order valence-corrected chi connectivity index (χ4v) is 2.10. The summed E-state index contributed by atoms with van der Waals surface area (Å²) >= 11 is 0. The molecule has 1 nitrogen and oxygen atoms in total. The fraction of sp³-hybridized carbons (Fsp3) is 0.600. The molecule has 16 heavy (non-hydrogen) atoms. The first-order valence-electron chi connectivity index (χ1n) is 6.55. The monoisotopic (exact) mass is 219 g/mol. The number of hydrogen-bond acceptors (Lipinski definition) is 1. The predicted molar refractivity (Wildman–Crippen MR) is 71.9 cm³/mol. The van der Waals surface area contributed by atoms with Crippen molar-refractivity contribution in [1.29, 1.82) is 0 Å². The van der Waals surface area contributed by atoms with Crippen LogP contribution in [-0.2, 0) is 6.42 Å². The zero-order valence-corrected chi connectivity index (χ0v) is 10.9. The summed E-state index contributed by atoms with van der Waals surface area (Å²) in [5.74, 6) is 0. The van der Waals surface area contributed by atoms with Gasteiger partial charge in [0.25, 0.3) is 0 Å². The van der Waals surface area contributed by atoms with Gasteiger partial charge in [0.1, 0.15) is 0 Å². The van der Waals surface area contributed by atoms with Crippen LogP contribution >= 0.6 is 0 Å². The molecule has 0 spiro atoms. The minimum Gasteiger partial charge on any atom is -0.314 e. The summed E-state index contributed by atoms with van der Waals surface area (Å²) < 4.78 is 0. The van der Waals surface area contributed by atoms with E-state index in [1.807, 2.05) is 0 Å². The van der Waals surface area contributed by atoms with Crippen LogP contribution in [-0.4, -0.2) is 12.6 Å².